The van der Waals surface area contributed by atoms with Gasteiger partial charge in [-0.3, -0.25) is 0 Å². The molecule has 94 valence electrons. The van der Waals surface area contributed by atoms with Crippen LogP contribution in [0, 0.1) is 6.92 Å². The van der Waals surface area contributed by atoms with Gasteiger partial charge in [0.25, 0.3) is 0 Å². The summed E-state index contributed by atoms with van der Waals surface area (Å²) in [6, 6.07) is 13.7. The molecule has 0 atom stereocenters. The van der Waals surface area contributed by atoms with Crippen molar-refractivity contribution in [1.82, 2.24) is 4.98 Å². The van der Waals surface area contributed by atoms with Crippen molar-refractivity contribution in [3.05, 3.63) is 53.6 Å². The molecule has 0 N–H and O–H groups in total. The van der Waals surface area contributed by atoms with E-state index in [2.05, 4.69) is 23.2 Å². The highest BCUT2D eigenvalue weighted by Gasteiger charge is 2.07. The molecule has 0 saturated heterocycles. The summed E-state index contributed by atoms with van der Waals surface area (Å²) in [7, 11) is 1.38. The Morgan fingerprint density at radius 2 is 1.68 bits per heavy atom. The summed E-state index contributed by atoms with van der Waals surface area (Å²) in [6.07, 6.45) is 0. The highest BCUT2D eigenvalue weighted by molar-refractivity contribution is 5.98. The molecule has 1 heterocycles. The van der Waals surface area contributed by atoms with E-state index in [1.54, 1.807) is 12.1 Å². The Kier molecular flexibility index (Phi) is 2.67. The summed E-state index contributed by atoms with van der Waals surface area (Å²) >= 11 is 0. The van der Waals surface area contributed by atoms with Gasteiger partial charge >= 0.3 is 5.97 Å². The number of aryl methyl sites for hydroxylation is 1. The number of hydrogen-bond acceptors (Lipinski definition) is 3. The number of esters is 1. The van der Waals surface area contributed by atoms with Crippen molar-refractivity contribution >= 4 is 27.8 Å². The van der Waals surface area contributed by atoms with Crippen LogP contribution >= 0.6 is 0 Å². The van der Waals surface area contributed by atoms with Gasteiger partial charge < -0.3 is 4.74 Å². The predicted molar refractivity (Wildman–Crippen MR) is 75.3 cm³/mol. The molecule has 3 rings (SSSR count). The third-order valence-electron chi connectivity index (χ3n) is 3.19. The number of carbonyl (C=O) groups is 1. The van der Waals surface area contributed by atoms with Crippen molar-refractivity contribution in [2.45, 2.75) is 6.92 Å². The first kappa shape index (κ1) is 11.7. The normalized spacial score (nSPS) is 10.8. The van der Waals surface area contributed by atoms with Crippen LogP contribution in [-0.4, -0.2) is 18.1 Å². The number of fused-ring (bicyclic) bond motifs is 2. The summed E-state index contributed by atoms with van der Waals surface area (Å²) in [5.74, 6) is -0.340. The van der Waals surface area contributed by atoms with Crippen molar-refractivity contribution in [2.75, 3.05) is 7.11 Å². The van der Waals surface area contributed by atoms with E-state index in [1.165, 1.54) is 12.7 Å². The van der Waals surface area contributed by atoms with Gasteiger partial charge in [-0.1, -0.05) is 18.2 Å². The number of carbonyl (C=O) groups excluding carboxylic acids is 1. The Bertz CT molecular complexity index is 793. The lowest BCUT2D eigenvalue weighted by atomic mass is 10.1. The van der Waals surface area contributed by atoms with E-state index in [1.807, 2.05) is 19.1 Å². The van der Waals surface area contributed by atoms with Crippen molar-refractivity contribution < 1.29 is 9.53 Å². The molecule has 0 unspecified atom stereocenters. The monoisotopic (exact) mass is 251 g/mol. The van der Waals surface area contributed by atoms with Crippen LogP contribution in [0.4, 0.5) is 0 Å². The molecular weight excluding hydrogens is 238 g/mol. The van der Waals surface area contributed by atoms with Crippen LogP contribution in [0.2, 0.25) is 0 Å². The molecule has 3 nitrogen and oxygen atoms in total. The van der Waals surface area contributed by atoms with Gasteiger partial charge in [0.05, 0.1) is 23.7 Å². The molecule has 1 aromatic heterocycles. The molecule has 19 heavy (non-hydrogen) atoms. The van der Waals surface area contributed by atoms with Crippen LogP contribution in [0.5, 0.6) is 0 Å². The second-order valence-electron chi connectivity index (χ2n) is 4.58. The highest BCUT2D eigenvalue weighted by Crippen LogP contribution is 2.21. The second-order valence-corrected chi connectivity index (χ2v) is 4.58. The minimum Gasteiger partial charge on any atom is -0.465 e. The molecule has 0 aliphatic heterocycles. The molecular formula is C16H13NO2. The van der Waals surface area contributed by atoms with Gasteiger partial charge in [-0.25, -0.2) is 9.78 Å². The number of methoxy groups -OCH3 is 1. The standard InChI is InChI=1S/C16H13NO2/c1-10-3-4-11-8-12-5-6-13(16(18)19-2)9-15(12)17-14(11)7-10/h3-9H,1-2H3. The van der Waals surface area contributed by atoms with Gasteiger partial charge in [-0.15, -0.1) is 0 Å². The Morgan fingerprint density at radius 1 is 1.00 bits per heavy atom. The zero-order valence-corrected chi connectivity index (χ0v) is 10.8. The molecule has 0 saturated carbocycles. The highest BCUT2D eigenvalue weighted by atomic mass is 16.5. The molecule has 0 spiro atoms. The third kappa shape index (κ3) is 2.03. The van der Waals surface area contributed by atoms with E-state index >= 15 is 0 Å². The maximum atomic E-state index is 11.5. The topological polar surface area (TPSA) is 39.2 Å². The Hall–Kier alpha value is -2.42. The summed E-state index contributed by atoms with van der Waals surface area (Å²) in [5, 5.41) is 2.12. The van der Waals surface area contributed by atoms with Crippen LogP contribution in [-0.2, 0) is 4.74 Å². The third-order valence-corrected chi connectivity index (χ3v) is 3.19. The minimum absolute atomic E-state index is 0.340. The number of hydrogen-bond donors (Lipinski definition) is 0. The fourth-order valence-corrected chi connectivity index (χ4v) is 2.18. The quantitative estimate of drug-likeness (QED) is 0.491. The number of nitrogens with zero attached hydrogens (tertiary/aromatic N) is 1. The van der Waals surface area contributed by atoms with Crippen molar-refractivity contribution in [3.8, 4) is 0 Å². The number of rotatable bonds is 1. The van der Waals surface area contributed by atoms with Crippen LogP contribution in [0.25, 0.3) is 21.8 Å². The molecule has 0 fully saturated rings. The van der Waals surface area contributed by atoms with Gasteiger partial charge in [-0.05, 0) is 36.8 Å². The summed E-state index contributed by atoms with van der Waals surface area (Å²) < 4.78 is 4.73. The Morgan fingerprint density at radius 3 is 2.42 bits per heavy atom. The second kappa shape index (κ2) is 4.35. The smallest absolute Gasteiger partial charge is 0.337 e. The minimum atomic E-state index is -0.340. The average Bonchev–Trinajstić information content (AvgIpc) is 2.43. The zero-order valence-electron chi connectivity index (χ0n) is 10.8. The van der Waals surface area contributed by atoms with E-state index in [0.29, 0.717) is 5.56 Å². The van der Waals surface area contributed by atoms with E-state index in [4.69, 9.17) is 4.74 Å². The number of ether oxygens (including phenoxy) is 1. The fourth-order valence-electron chi connectivity index (χ4n) is 2.18. The molecule has 0 aliphatic carbocycles. The first-order chi connectivity index (χ1) is 9.17. The van der Waals surface area contributed by atoms with Crippen molar-refractivity contribution in [3.63, 3.8) is 0 Å². The van der Waals surface area contributed by atoms with Crippen LogP contribution in [0.1, 0.15) is 15.9 Å². The largest absolute Gasteiger partial charge is 0.465 e. The Labute approximate surface area is 110 Å². The first-order valence-corrected chi connectivity index (χ1v) is 6.07. The number of pyridine rings is 1. The number of benzene rings is 2. The van der Waals surface area contributed by atoms with Crippen LogP contribution in [0.15, 0.2) is 42.5 Å². The predicted octanol–water partition coefficient (Wildman–Crippen LogP) is 3.48. The molecule has 3 aromatic rings. The fraction of sp³-hybridized carbons (Fsp3) is 0.125. The molecule has 0 aliphatic rings. The van der Waals surface area contributed by atoms with Crippen LogP contribution in [0.3, 0.4) is 0 Å². The van der Waals surface area contributed by atoms with Gasteiger partial charge in [0.2, 0.25) is 0 Å². The van der Waals surface area contributed by atoms with Gasteiger partial charge in [0.15, 0.2) is 0 Å². The van der Waals surface area contributed by atoms with Gasteiger partial charge in [-0.2, -0.15) is 0 Å². The lowest BCUT2D eigenvalue weighted by Gasteiger charge is -2.04. The molecule has 0 amide bonds. The summed E-state index contributed by atoms with van der Waals surface area (Å²) in [4.78, 5) is 16.1. The van der Waals surface area contributed by atoms with E-state index in [-0.39, 0.29) is 5.97 Å². The molecule has 3 heteroatoms. The first-order valence-electron chi connectivity index (χ1n) is 6.07. The summed E-state index contributed by atoms with van der Waals surface area (Å²) in [6.45, 7) is 2.04. The molecule has 0 radical (unpaired) electrons. The van der Waals surface area contributed by atoms with E-state index < -0.39 is 0 Å². The van der Waals surface area contributed by atoms with Crippen molar-refractivity contribution in [1.29, 1.82) is 0 Å². The van der Waals surface area contributed by atoms with Crippen molar-refractivity contribution in [2.24, 2.45) is 0 Å². The average molecular weight is 251 g/mol. The van der Waals surface area contributed by atoms with E-state index in [9.17, 15) is 4.79 Å². The SMILES string of the molecule is COC(=O)c1ccc2cc3ccc(C)cc3nc2c1. The van der Waals surface area contributed by atoms with Crippen LogP contribution < -0.4 is 0 Å². The lowest BCUT2D eigenvalue weighted by Crippen LogP contribution is -2.00. The van der Waals surface area contributed by atoms with Gasteiger partial charge in [0.1, 0.15) is 0 Å². The lowest BCUT2D eigenvalue weighted by molar-refractivity contribution is 0.0601. The summed E-state index contributed by atoms with van der Waals surface area (Å²) in [5.41, 5.74) is 3.44. The maximum Gasteiger partial charge on any atom is 0.337 e. The van der Waals surface area contributed by atoms with E-state index in [0.717, 1.165) is 21.8 Å². The number of aromatic nitrogens is 1. The zero-order chi connectivity index (χ0) is 13.4. The Balaban J connectivity index is 2.27. The maximum absolute atomic E-state index is 11.5. The molecule has 0 bridgehead atoms. The molecule has 2 aromatic carbocycles. The van der Waals surface area contributed by atoms with Gasteiger partial charge in [0, 0.05) is 10.8 Å².